The molecule has 3 N–H and O–H groups in total. The molecular weight excluding hydrogens is 302 g/mol. The summed E-state index contributed by atoms with van der Waals surface area (Å²) in [5.41, 5.74) is 6.93. The van der Waals surface area contributed by atoms with Gasteiger partial charge in [0.2, 0.25) is 0 Å². The summed E-state index contributed by atoms with van der Waals surface area (Å²) in [6.45, 7) is 3.43. The lowest BCUT2D eigenvalue weighted by Gasteiger charge is -2.09. The van der Waals surface area contributed by atoms with E-state index in [-0.39, 0.29) is 21.6 Å². The van der Waals surface area contributed by atoms with Crippen molar-refractivity contribution >= 4 is 33.3 Å². The first-order valence-electron chi connectivity index (χ1n) is 5.55. The van der Waals surface area contributed by atoms with Gasteiger partial charge >= 0.3 is 0 Å². The number of benzene rings is 1. The number of halogens is 1. The second-order valence-corrected chi connectivity index (χ2v) is 6.18. The second-order valence-electron chi connectivity index (χ2n) is 4.09. The van der Waals surface area contributed by atoms with Crippen molar-refractivity contribution in [1.29, 1.82) is 0 Å². The summed E-state index contributed by atoms with van der Waals surface area (Å²) in [5.74, 6) is -0.118. The van der Waals surface area contributed by atoms with E-state index in [9.17, 15) is 8.42 Å². The standard InChI is InChI=1S/C11H12ClN5O2S/c1-6-7(2)15-16-11(14-6)17-20(18,19)10-5-8(12)3-4-9(10)13/h3-5H,13H2,1-2H3,(H,14,16,17). The van der Waals surface area contributed by atoms with Crippen LogP contribution < -0.4 is 10.5 Å². The van der Waals surface area contributed by atoms with Crippen LogP contribution >= 0.6 is 11.6 Å². The molecule has 2 aromatic rings. The largest absolute Gasteiger partial charge is 0.398 e. The van der Waals surface area contributed by atoms with Crippen molar-refractivity contribution in [1.82, 2.24) is 15.2 Å². The summed E-state index contributed by atoms with van der Waals surface area (Å²) in [5, 5.41) is 7.74. The molecule has 0 fully saturated rings. The first kappa shape index (κ1) is 14.5. The van der Waals surface area contributed by atoms with Gasteiger partial charge in [-0.2, -0.15) is 5.10 Å². The maximum Gasteiger partial charge on any atom is 0.266 e. The smallest absolute Gasteiger partial charge is 0.266 e. The minimum atomic E-state index is -3.92. The van der Waals surface area contributed by atoms with Crippen LogP contribution in [0.1, 0.15) is 11.4 Å². The molecule has 0 spiro atoms. The molecule has 0 radical (unpaired) electrons. The molecule has 2 rings (SSSR count). The summed E-state index contributed by atoms with van der Waals surface area (Å²) >= 11 is 5.78. The van der Waals surface area contributed by atoms with E-state index in [4.69, 9.17) is 17.3 Å². The third-order valence-electron chi connectivity index (χ3n) is 2.58. The Hall–Kier alpha value is -1.93. The van der Waals surface area contributed by atoms with Gasteiger partial charge in [0.15, 0.2) is 0 Å². The quantitative estimate of drug-likeness (QED) is 0.831. The zero-order valence-electron chi connectivity index (χ0n) is 10.8. The highest BCUT2D eigenvalue weighted by Gasteiger charge is 2.19. The molecule has 1 aromatic carbocycles. The van der Waals surface area contributed by atoms with Gasteiger partial charge in [0.25, 0.3) is 16.0 Å². The van der Waals surface area contributed by atoms with Crippen molar-refractivity contribution in [3.8, 4) is 0 Å². The molecule has 0 atom stereocenters. The van der Waals surface area contributed by atoms with Crippen LogP contribution in [-0.2, 0) is 10.0 Å². The molecule has 9 heteroatoms. The van der Waals surface area contributed by atoms with E-state index in [2.05, 4.69) is 19.9 Å². The average Bonchev–Trinajstić information content (AvgIpc) is 2.36. The molecule has 106 valence electrons. The SMILES string of the molecule is Cc1nnc(NS(=O)(=O)c2cc(Cl)ccc2N)nc1C. The Balaban J connectivity index is 2.40. The normalized spacial score (nSPS) is 11.3. The Morgan fingerprint density at radius 1 is 1.20 bits per heavy atom. The van der Waals surface area contributed by atoms with E-state index < -0.39 is 10.0 Å². The van der Waals surface area contributed by atoms with Crippen LogP contribution in [0.5, 0.6) is 0 Å². The Morgan fingerprint density at radius 2 is 1.90 bits per heavy atom. The van der Waals surface area contributed by atoms with Gasteiger partial charge in [-0.3, -0.25) is 0 Å². The van der Waals surface area contributed by atoms with Gasteiger partial charge in [-0.25, -0.2) is 18.1 Å². The lowest BCUT2D eigenvalue weighted by molar-refractivity contribution is 0.601. The van der Waals surface area contributed by atoms with E-state index in [0.29, 0.717) is 11.4 Å². The number of nitrogens with zero attached hydrogens (tertiary/aromatic N) is 3. The number of sulfonamides is 1. The maximum atomic E-state index is 12.2. The van der Waals surface area contributed by atoms with Gasteiger partial charge in [-0.05, 0) is 32.0 Å². The topological polar surface area (TPSA) is 111 Å². The number of nitrogens with one attached hydrogen (secondary N) is 1. The molecular formula is C11H12ClN5O2S. The predicted molar refractivity (Wildman–Crippen MR) is 76.0 cm³/mol. The minimum Gasteiger partial charge on any atom is -0.398 e. The van der Waals surface area contributed by atoms with E-state index in [1.54, 1.807) is 13.8 Å². The Morgan fingerprint density at radius 3 is 2.55 bits per heavy atom. The van der Waals surface area contributed by atoms with E-state index in [1.165, 1.54) is 18.2 Å². The highest BCUT2D eigenvalue weighted by atomic mass is 35.5. The lowest BCUT2D eigenvalue weighted by Crippen LogP contribution is -2.17. The Kier molecular flexibility index (Phi) is 3.78. The number of nitrogens with two attached hydrogens (primary N) is 1. The zero-order valence-corrected chi connectivity index (χ0v) is 12.3. The van der Waals surface area contributed by atoms with Crippen LogP contribution in [0.4, 0.5) is 11.6 Å². The summed E-state index contributed by atoms with van der Waals surface area (Å²) in [6.07, 6.45) is 0. The van der Waals surface area contributed by atoms with Crippen LogP contribution in [0.25, 0.3) is 0 Å². The Labute approximate surface area is 121 Å². The minimum absolute atomic E-state index is 0.0821. The summed E-state index contributed by atoms with van der Waals surface area (Å²) < 4.78 is 26.6. The summed E-state index contributed by atoms with van der Waals surface area (Å²) in [6, 6.07) is 4.17. The molecule has 0 aliphatic carbocycles. The first-order chi connectivity index (χ1) is 9.29. The van der Waals surface area contributed by atoms with Crippen LogP contribution in [0.2, 0.25) is 5.02 Å². The molecule has 0 saturated heterocycles. The van der Waals surface area contributed by atoms with Crippen molar-refractivity contribution in [3.63, 3.8) is 0 Å². The van der Waals surface area contributed by atoms with Gasteiger partial charge in [0.1, 0.15) is 4.90 Å². The summed E-state index contributed by atoms with van der Waals surface area (Å²) in [7, 11) is -3.92. The number of rotatable bonds is 3. The average molecular weight is 314 g/mol. The first-order valence-corrected chi connectivity index (χ1v) is 7.41. The molecule has 1 aromatic heterocycles. The number of hydrogen-bond acceptors (Lipinski definition) is 6. The van der Waals surface area contributed by atoms with Crippen LogP contribution in [0.15, 0.2) is 23.1 Å². The van der Waals surface area contributed by atoms with Gasteiger partial charge < -0.3 is 5.73 Å². The van der Waals surface area contributed by atoms with Gasteiger partial charge in [-0.1, -0.05) is 11.6 Å². The molecule has 0 bridgehead atoms. The van der Waals surface area contributed by atoms with Gasteiger partial charge in [0.05, 0.1) is 17.1 Å². The van der Waals surface area contributed by atoms with Crippen molar-refractivity contribution in [3.05, 3.63) is 34.6 Å². The van der Waals surface area contributed by atoms with Crippen molar-refractivity contribution in [2.45, 2.75) is 18.7 Å². The van der Waals surface area contributed by atoms with Crippen LogP contribution in [0.3, 0.4) is 0 Å². The van der Waals surface area contributed by atoms with Gasteiger partial charge in [-0.15, -0.1) is 5.10 Å². The van der Waals surface area contributed by atoms with Crippen molar-refractivity contribution < 1.29 is 8.42 Å². The van der Waals surface area contributed by atoms with E-state index in [0.717, 1.165) is 0 Å². The fourth-order valence-corrected chi connectivity index (χ4v) is 2.75. The van der Waals surface area contributed by atoms with Crippen LogP contribution in [-0.4, -0.2) is 23.6 Å². The molecule has 0 aliphatic heterocycles. The lowest BCUT2D eigenvalue weighted by atomic mass is 10.3. The van der Waals surface area contributed by atoms with Gasteiger partial charge in [0, 0.05) is 5.02 Å². The number of anilines is 2. The molecule has 0 aliphatic rings. The highest BCUT2D eigenvalue weighted by molar-refractivity contribution is 7.92. The molecule has 0 saturated carbocycles. The molecule has 7 nitrogen and oxygen atoms in total. The Bertz CT molecular complexity index is 763. The number of hydrogen-bond donors (Lipinski definition) is 2. The second kappa shape index (κ2) is 5.22. The monoisotopic (exact) mass is 313 g/mol. The molecule has 0 unspecified atom stereocenters. The van der Waals surface area contributed by atoms with Crippen molar-refractivity contribution in [2.24, 2.45) is 0 Å². The predicted octanol–water partition coefficient (Wildman–Crippen LogP) is 1.52. The van der Waals surface area contributed by atoms with E-state index >= 15 is 0 Å². The van der Waals surface area contributed by atoms with Crippen LogP contribution in [0, 0.1) is 13.8 Å². The fourth-order valence-electron chi connectivity index (χ4n) is 1.42. The number of aryl methyl sites for hydroxylation is 2. The van der Waals surface area contributed by atoms with E-state index in [1.807, 2.05) is 0 Å². The third-order valence-corrected chi connectivity index (χ3v) is 4.20. The number of nitrogen functional groups attached to an aromatic ring is 1. The molecule has 1 heterocycles. The third kappa shape index (κ3) is 2.97. The highest BCUT2D eigenvalue weighted by Crippen LogP contribution is 2.24. The maximum absolute atomic E-state index is 12.2. The molecule has 20 heavy (non-hydrogen) atoms. The zero-order chi connectivity index (χ0) is 14.9. The number of aromatic nitrogens is 3. The van der Waals surface area contributed by atoms with Crippen molar-refractivity contribution in [2.75, 3.05) is 10.5 Å². The fraction of sp³-hybridized carbons (Fsp3) is 0.182. The summed E-state index contributed by atoms with van der Waals surface area (Å²) in [4.78, 5) is 3.87. The molecule has 0 amide bonds.